The van der Waals surface area contributed by atoms with Gasteiger partial charge in [-0.05, 0) is 99.9 Å². The number of benzene rings is 4. The first kappa shape index (κ1) is 36.2. The number of carbonyl (C=O) groups is 3. The number of rotatable bonds is 12. The first-order valence-corrected chi connectivity index (χ1v) is 16.9. The molecule has 0 heterocycles. The second kappa shape index (κ2) is 16.0. The maximum atomic E-state index is 15.1. The molecule has 0 aliphatic carbocycles. The molecule has 0 fully saturated rings. The van der Waals surface area contributed by atoms with Crippen molar-refractivity contribution in [3.8, 4) is 0 Å². The number of nitrogens with one attached hydrogen (secondary N) is 2. The molecule has 0 aliphatic rings. The third-order valence-corrected chi connectivity index (χ3v) is 8.44. The lowest BCUT2D eigenvalue weighted by atomic mass is 9.92. The largest absolute Gasteiger partial charge is 0.444 e. The summed E-state index contributed by atoms with van der Waals surface area (Å²) in [5.41, 5.74) is 3.39. The molecule has 4 aromatic rings. The quantitative estimate of drug-likeness (QED) is 0.160. The Balaban J connectivity index is 1.83. The number of anilines is 1. The van der Waals surface area contributed by atoms with Gasteiger partial charge in [-0.2, -0.15) is 0 Å². The van der Waals surface area contributed by atoms with Crippen LogP contribution in [0.5, 0.6) is 0 Å². The van der Waals surface area contributed by atoms with Gasteiger partial charge in [0.05, 0.1) is 0 Å². The summed E-state index contributed by atoms with van der Waals surface area (Å²) < 4.78 is 5.62. The van der Waals surface area contributed by atoms with Crippen molar-refractivity contribution >= 4 is 34.4 Å². The Bertz CT molecular complexity index is 1710. The van der Waals surface area contributed by atoms with Gasteiger partial charge in [-0.15, -0.1) is 0 Å². The number of carbonyl (C=O) groups excluding carboxylic acids is 3. The fourth-order valence-corrected chi connectivity index (χ4v) is 5.94. The van der Waals surface area contributed by atoms with Crippen LogP contribution in [-0.4, -0.2) is 40.5 Å². The summed E-state index contributed by atoms with van der Waals surface area (Å²) in [6.07, 6.45) is 1.09. The van der Waals surface area contributed by atoms with E-state index in [0.29, 0.717) is 18.0 Å². The summed E-state index contributed by atoms with van der Waals surface area (Å²) >= 11 is 0. The second-order valence-electron chi connectivity index (χ2n) is 14.3. The van der Waals surface area contributed by atoms with Crippen molar-refractivity contribution in [1.29, 1.82) is 0 Å². The maximum Gasteiger partial charge on any atom is 0.408 e. The summed E-state index contributed by atoms with van der Waals surface area (Å²) in [7, 11) is 0. The first-order chi connectivity index (χ1) is 22.7. The van der Waals surface area contributed by atoms with Gasteiger partial charge in [0.2, 0.25) is 5.91 Å². The van der Waals surface area contributed by atoms with Crippen molar-refractivity contribution in [3.05, 3.63) is 113 Å². The van der Waals surface area contributed by atoms with Crippen LogP contribution in [0, 0.1) is 19.8 Å². The van der Waals surface area contributed by atoms with Crippen LogP contribution in [0.1, 0.15) is 82.7 Å². The van der Waals surface area contributed by atoms with Crippen LogP contribution in [0.3, 0.4) is 0 Å². The van der Waals surface area contributed by atoms with E-state index < -0.39 is 23.8 Å². The standard InChI is InChI=1S/C41H51N3O4/c1-27(2)18-21-30(5)44(39(46)36(25-31-14-10-9-11-15-31)43-40(47)48-41(6,7)8)37(35-24-28(3)19-20-29(35)4)38(45)42-34-23-22-32-16-12-13-17-33(32)26-34/h9-17,19-20,22-24,26-27,30,36-37H,18,21,25H2,1-8H3,(H,42,45)(H,43,47). The molecule has 7 heteroatoms. The highest BCUT2D eigenvalue weighted by Gasteiger charge is 2.39. The molecule has 3 amide bonds. The molecule has 0 radical (unpaired) electrons. The number of ether oxygens (including phenoxy) is 1. The van der Waals surface area contributed by atoms with Crippen LogP contribution in [-0.2, 0) is 20.7 Å². The number of fused-ring (bicyclic) bond motifs is 1. The molecule has 0 saturated carbocycles. The lowest BCUT2D eigenvalue weighted by Gasteiger charge is -2.39. The summed E-state index contributed by atoms with van der Waals surface area (Å²) in [5, 5.41) is 8.10. The summed E-state index contributed by atoms with van der Waals surface area (Å²) in [5.74, 6) is -0.269. The summed E-state index contributed by atoms with van der Waals surface area (Å²) in [6, 6.07) is 27.1. The zero-order valence-electron chi connectivity index (χ0n) is 29.7. The number of alkyl carbamates (subject to hydrolysis) is 1. The average molecular weight is 650 g/mol. The third kappa shape index (κ3) is 9.93. The number of aryl methyl sites for hydroxylation is 2. The minimum absolute atomic E-state index is 0.234. The van der Waals surface area contributed by atoms with E-state index in [9.17, 15) is 9.59 Å². The Morgan fingerprint density at radius 3 is 2.12 bits per heavy atom. The Morgan fingerprint density at radius 2 is 1.46 bits per heavy atom. The van der Waals surface area contributed by atoms with E-state index in [1.807, 2.05) is 112 Å². The van der Waals surface area contributed by atoms with E-state index in [-0.39, 0.29) is 24.3 Å². The van der Waals surface area contributed by atoms with Gasteiger partial charge in [-0.25, -0.2) is 4.79 Å². The van der Waals surface area contributed by atoms with E-state index in [1.54, 1.807) is 25.7 Å². The van der Waals surface area contributed by atoms with Gasteiger partial charge in [0.1, 0.15) is 17.7 Å². The lowest BCUT2D eigenvalue weighted by Crippen LogP contribution is -2.55. The molecule has 0 saturated heterocycles. The van der Waals surface area contributed by atoms with Crippen molar-refractivity contribution in [3.63, 3.8) is 0 Å². The first-order valence-electron chi connectivity index (χ1n) is 16.9. The molecule has 4 aromatic carbocycles. The molecular weight excluding hydrogens is 598 g/mol. The van der Waals surface area contributed by atoms with Gasteiger partial charge in [0.15, 0.2) is 0 Å². The van der Waals surface area contributed by atoms with Crippen LogP contribution < -0.4 is 10.6 Å². The fourth-order valence-electron chi connectivity index (χ4n) is 5.94. The van der Waals surface area contributed by atoms with E-state index in [4.69, 9.17) is 4.74 Å². The molecule has 0 aromatic heterocycles. The smallest absolute Gasteiger partial charge is 0.408 e. The Kier molecular flexibility index (Phi) is 12.0. The predicted octanol–water partition coefficient (Wildman–Crippen LogP) is 8.93. The Labute approximate surface area is 286 Å². The molecule has 2 N–H and O–H groups in total. The molecule has 4 rings (SSSR count). The van der Waals surface area contributed by atoms with E-state index in [2.05, 4.69) is 24.5 Å². The molecule has 48 heavy (non-hydrogen) atoms. The highest BCUT2D eigenvalue weighted by molar-refractivity contribution is 6.00. The monoisotopic (exact) mass is 649 g/mol. The summed E-state index contributed by atoms with van der Waals surface area (Å²) in [4.78, 5) is 44.6. The normalized spacial score (nSPS) is 13.4. The fraction of sp³-hybridized carbons (Fsp3) is 0.390. The molecule has 0 spiro atoms. The second-order valence-corrected chi connectivity index (χ2v) is 14.3. The zero-order chi connectivity index (χ0) is 35.0. The highest BCUT2D eigenvalue weighted by atomic mass is 16.6. The molecule has 3 unspecified atom stereocenters. The molecular formula is C41H51N3O4. The number of hydrogen-bond acceptors (Lipinski definition) is 4. The minimum Gasteiger partial charge on any atom is -0.444 e. The molecule has 0 aliphatic heterocycles. The number of nitrogens with zero attached hydrogens (tertiary/aromatic N) is 1. The third-order valence-electron chi connectivity index (χ3n) is 8.44. The number of amides is 3. The highest BCUT2D eigenvalue weighted by Crippen LogP contribution is 2.32. The van der Waals surface area contributed by atoms with Crippen LogP contribution in [0.2, 0.25) is 0 Å². The van der Waals surface area contributed by atoms with Gasteiger partial charge in [0.25, 0.3) is 5.91 Å². The SMILES string of the molecule is Cc1ccc(C)c(C(C(=O)Nc2ccc3ccccc3c2)N(C(=O)C(Cc2ccccc2)NC(=O)OC(C)(C)C)C(C)CCC(C)C)c1. The van der Waals surface area contributed by atoms with Gasteiger partial charge in [0, 0.05) is 18.2 Å². The number of hydrogen-bond donors (Lipinski definition) is 2. The van der Waals surface area contributed by atoms with Gasteiger partial charge in [-0.1, -0.05) is 98.3 Å². The van der Waals surface area contributed by atoms with Gasteiger partial charge in [-0.3, -0.25) is 9.59 Å². The molecule has 7 nitrogen and oxygen atoms in total. The van der Waals surface area contributed by atoms with Crippen molar-refractivity contribution in [2.24, 2.45) is 5.92 Å². The van der Waals surface area contributed by atoms with Crippen LogP contribution in [0.15, 0.2) is 91.0 Å². The molecule has 3 atom stereocenters. The van der Waals surface area contributed by atoms with Crippen molar-refractivity contribution in [2.75, 3.05) is 5.32 Å². The van der Waals surface area contributed by atoms with Gasteiger partial charge < -0.3 is 20.3 Å². The molecule has 0 bridgehead atoms. The van der Waals surface area contributed by atoms with E-state index in [0.717, 1.165) is 39.4 Å². The van der Waals surface area contributed by atoms with Crippen LogP contribution >= 0.6 is 0 Å². The Hall–Kier alpha value is -4.65. The van der Waals surface area contributed by atoms with Crippen molar-refractivity contribution in [2.45, 2.75) is 98.4 Å². The van der Waals surface area contributed by atoms with E-state index in [1.165, 1.54) is 0 Å². The predicted molar refractivity (Wildman–Crippen MR) is 195 cm³/mol. The topological polar surface area (TPSA) is 87.7 Å². The van der Waals surface area contributed by atoms with Crippen LogP contribution in [0.4, 0.5) is 10.5 Å². The minimum atomic E-state index is -0.982. The van der Waals surface area contributed by atoms with Crippen molar-refractivity contribution in [1.82, 2.24) is 10.2 Å². The summed E-state index contributed by atoms with van der Waals surface area (Å²) in [6.45, 7) is 15.6. The maximum absolute atomic E-state index is 15.1. The van der Waals surface area contributed by atoms with Crippen molar-refractivity contribution < 1.29 is 19.1 Å². The van der Waals surface area contributed by atoms with Crippen LogP contribution in [0.25, 0.3) is 10.8 Å². The zero-order valence-corrected chi connectivity index (χ0v) is 29.7. The Morgan fingerprint density at radius 1 is 0.792 bits per heavy atom. The lowest BCUT2D eigenvalue weighted by molar-refractivity contribution is -0.143. The van der Waals surface area contributed by atoms with Gasteiger partial charge >= 0.3 is 6.09 Å². The average Bonchev–Trinajstić information content (AvgIpc) is 3.02. The van der Waals surface area contributed by atoms with E-state index >= 15 is 4.79 Å². The molecule has 254 valence electrons.